The number of para-hydroxylation sites is 1. The highest BCUT2D eigenvalue weighted by atomic mass is 35.5. The lowest BCUT2D eigenvalue weighted by atomic mass is 10.1. The molecule has 30 heavy (non-hydrogen) atoms. The van der Waals surface area contributed by atoms with E-state index in [2.05, 4.69) is 15.7 Å². The number of anilines is 2. The van der Waals surface area contributed by atoms with Gasteiger partial charge in [-0.05, 0) is 29.8 Å². The summed E-state index contributed by atoms with van der Waals surface area (Å²) in [6.07, 6.45) is 1.51. The molecule has 1 aliphatic heterocycles. The fourth-order valence-electron chi connectivity index (χ4n) is 3.31. The third-order valence-corrected chi connectivity index (χ3v) is 5.03. The molecule has 152 valence electrons. The number of methoxy groups -OCH3 is 1. The molecule has 3 aromatic rings. The van der Waals surface area contributed by atoms with Crippen molar-refractivity contribution in [3.8, 4) is 11.1 Å². The minimum atomic E-state index is -0.875. The number of esters is 1. The Morgan fingerprint density at radius 3 is 2.67 bits per heavy atom. The highest BCUT2D eigenvalue weighted by Gasteiger charge is 2.33. The van der Waals surface area contributed by atoms with Gasteiger partial charge in [0.25, 0.3) is 0 Å². The summed E-state index contributed by atoms with van der Waals surface area (Å²) in [5, 5.41) is 10.4. The van der Waals surface area contributed by atoms with Crippen molar-refractivity contribution >= 4 is 40.9 Å². The molecular weight excluding hydrogens is 408 g/mol. The lowest BCUT2D eigenvalue weighted by Crippen LogP contribution is -2.36. The number of hydrogen-bond donors (Lipinski definition) is 2. The van der Waals surface area contributed by atoms with Crippen molar-refractivity contribution in [2.24, 2.45) is 0 Å². The Labute approximate surface area is 176 Å². The molecule has 0 fully saturated rings. The Kier molecular flexibility index (Phi) is 5.24. The standard InChI is InChI=1S/C21H17ClN4O4/c1-30-21(29)14-4-2-3-5-16(14)24-20(28)17-10-18(27)25-19-15(11-23-26(17)19)12-6-8-13(22)9-7-12/h2-9,11,17H,10H2,1H3,(H,24,28)(H,25,27). The first-order valence-corrected chi connectivity index (χ1v) is 9.47. The van der Waals surface area contributed by atoms with Crippen molar-refractivity contribution in [3.63, 3.8) is 0 Å². The van der Waals surface area contributed by atoms with Gasteiger partial charge in [0.05, 0.1) is 31.0 Å². The van der Waals surface area contributed by atoms with Crippen LogP contribution in [0.3, 0.4) is 0 Å². The molecule has 4 rings (SSSR count). The molecule has 1 aromatic heterocycles. The molecule has 0 spiro atoms. The Morgan fingerprint density at radius 1 is 1.20 bits per heavy atom. The van der Waals surface area contributed by atoms with Gasteiger partial charge in [0.15, 0.2) is 0 Å². The van der Waals surface area contributed by atoms with E-state index in [9.17, 15) is 14.4 Å². The van der Waals surface area contributed by atoms with Crippen LogP contribution >= 0.6 is 11.6 Å². The molecule has 9 heteroatoms. The Hall–Kier alpha value is -3.65. The number of carbonyl (C=O) groups excluding carboxylic acids is 3. The summed E-state index contributed by atoms with van der Waals surface area (Å²) in [5.41, 5.74) is 1.99. The van der Waals surface area contributed by atoms with Crippen molar-refractivity contribution in [2.45, 2.75) is 12.5 Å². The normalized spacial score (nSPS) is 15.1. The lowest BCUT2D eigenvalue weighted by Gasteiger charge is -2.25. The number of halogens is 1. The van der Waals surface area contributed by atoms with Crippen LogP contribution in [0.15, 0.2) is 54.7 Å². The van der Waals surface area contributed by atoms with Crippen LogP contribution in [0.1, 0.15) is 22.8 Å². The first kappa shape index (κ1) is 19.7. The summed E-state index contributed by atoms with van der Waals surface area (Å²) in [6, 6.07) is 12.7. The zero-order chi connectivity index (χ0) is 21.3. The van der Waals surface area contributed by atoms with Crippen molar-refractivity contribution in [2.75, 3.05) is 17.7 Å². The number of nitrogens with one attached hydrogen (secondary N) is 2. The van der Waals surface area contributed by atoms with Crippen LogP contribution in [-0.2, 0) is 14.3 Å². The van der Waals surface area contributed by atoms with Crippen molar-refractivity contribution in [3.05, 3.63) is 65.3 Å². The maximum Gasteiger partial charge on any atom is 0.339 e. The van der Waals surface area contributed by atoms with Crippen LogP contribution in [0, 0.1) is 0 Å². The molecule has 0 saturated heterocycles. The SMILES string of the molecule is COC(=O)c1ccccc1NC(=O)C1CC(=O)Nc2c(-c3ccc(Cl)cc3)cnn21. The number of nitrogens with zero attached hydrogens (tertiary/aromatic N) is 2. The van der Waals surface area contributed by atoms with E-state index in [1.807, 2.05) is 12.1 Å². The molecule has 1 aliphatic rings. The van der Waals surface area contributed by atoms with E-state index in [0.29, 0.717) is 22.1 Å². The average Bonchev–Trinajstić information content (AvgIpc) is 3.17. The Balaban J connectivity index is 1.66. The molecular formula is C21H17ClN4O4. The number of benzene rings is 2. The molecule has 0 radical (unpaired) electrons. The smallest absolute Gasteiger partial charge is 0.339 e. The minimum absolute atomic E-state index is 0.0824. The fourth-order valence-corrected chi connectivity index (χ4v) is 3.43. The van der Waals surface area contributed by atoms with Crippen LogP contribution in [0.4, 0.5) is 11.5 Å². The van der Waals surface area contributed by atoms with Gasteiger partial charge >= 0.3 is 5.97 Å². The molecule has 2 amide bonds. The summed E-state index contributed by atoms with van der Waals surface area (Å²) in [6.45, 7) is 0. The molecule has 1 unspecified atom stereocenters. The van der Waals surface area contributed by atoms with E-state index in [4.69, 9.17) is 16.3 Å². The maximum atomic E-state index is 13.0. The third-order valence-electron chi connectivity index (χ3n) is 4.78. The minimum Gasteiger partial charge on any atom is -0.465 e. The van der Waals surface area contributed by atoms with Gasteiger partial charge in [0, 0.05) is 10.6 Å². The molecule has 1 atom stereocenters. The second-order valence-electron chi connectivity index (χ2n) is 6.65. The van der Waals surface area contributed by atoms with Gasteiger partial charge in [-0.25, -0.2) is 9.48 Å². The van der Waals surface area contributed by atoms with Gasteiger partial charge in [-0.2, -0.15) is 5.10 Å². The van der Waals surface area contributed by atoms with Crippen molar-refractivity contribution in [1.82, 2.24) is 9.78 Å². The van der Waals surface area contributed by atoms with E-state index in [1.54, 1.807) is 42.6 Å². The van der Waals surface area contributed by atoms with Gasteiger partial charge in [0.1, 0.15) is 11.9 Å². The lowest BCUT2D eigenvalue weighted by molar-refractivity contribution is -0.125. The number of amides is 2. The number of carbonyl (C=O) groups is 3. The second-order valence-corrected chi connectivity index (χ2v) is 7.09. The predicted octanol–water partition coefficient (Wildman–Crippen LogP) is 3.51. The first-order chi connectivity index (χ1) is 14.5. The van der Waals surface area contributed by atoms with Crippen molar-refractivity contribution < 1.29 is 19.1 Å². The number of hydrogen-bond acceptors (Lipinski definition) is 5. The van der Waals surface area contributed by atoms with E-state index in [-0.39, 0.29) is 17.9 Å². The summed E-state index contributed by atoms with van der Waals surface area (Å²) in [4.78, 5) is 37.3. The number of ether oxygens (including phenoxy) is 1. The number of fused-ring (bicyclic) bond motifs is 1. The van der Waals surface area contributed by atoms with Crippen molar-refractivity contribution in [1.29, 1.82) is 0 Å². The van der Waals surface area contributed by atoms with Crippen LogP contribution in [0.25, 0.3) is 11.1 Å². The first-order valence-electron chi connectivity index (χ1n) is 9.09. The maximum absolute atomic E-state index is 13.0. The Morgan fingerprint density at radius 2 is 1.93 bits per heavy atom. The largest absolute Gasteiger partial charge is 0.465 e. The van der Waals surface area contributed by atoms with E-state index in [0.717, 1.165) is 5.56 Å². The van der Waals surface area contributed by atoms with Gasteiger partial charge in [-0.3, -0.25) is 9.59 Å². The summed E-state index contributed by atoms with van der Waals surface area (Å²) in [7, 11) is 1.26. The zero-order valence-electron chi connectivity index (χ0n) is 15.9. The van der Waals surface area contributed by atoms with Gasteiger partial charge in [-0.15, -0.1) is 0 Å². The third kappa shape index (κ3) is 3.65. The van der Waals surface area contributed by atoms with E-state index < -0.39 is 17.9 Å². The van der Waals surface area contributed by atoms with Crippen LogP contribution < -0.4 is 10.6 Å². The number of rotatable bonds is 4. The molecule has 2 heterocycles. The zero-order valence-corrected chi connectivity index (χ0v) is 16.6. The number of aromatic nitrogens is 2. The molecule has 2 aromatic carbocycles. The van der Waals surface area contributed by atoms with Gasteiger partial charge in [-0.1, -0.05) is 35.9 Å². The topological polar surface area (TPSA) is 102 Å². The molecule has 0 aliphatic carbocycles. The molecule has 0 saturated carbocycles. The van der Waals surface area contributed by atoms with E-state index in [1.165, 1.54) is 11.8 Å². The molecule has 2 N–H and O–H groups in total. The van der Waals surface area contributed by atoms with Crippen LogP contribution in [0.5, 0.6) is 0 Å². The second kappa shape index (κ2) is 8.00. The highest BCUT2D eigenvalue weighted by molar-refractivity contribution is 6.30. The van der Waals surface area contributed by atoms with Gasteiger partial charge in [0.2, 0.25) is 11.8 Å². The molecule has 0 bridgehead atoms. The Bertz CT molecular complexity index is 1140. The summed E-state index contributed by atoms with van der Waals surface area (Å²) in [5.74, 6) is -0.917. The highest BCUT2D eigenvalue weighted by Crippen LogP contribution is 2.35. The monoisotopic (exact) mass is 424 g/mol. The van der Waals surface area contributed by atoms with Crippen LogP contribution in [0.2, 0.25) is 5.02 Å². The summed E-state index contributed by atoms with van der Waals surface area (Å²) >= 11 is 5.95. The molecule has 8 nitrogen and oxygen atoms in total. The quantitative estimate of drug-likeness (QED) is 0.624. The van der Waals surface area contributed by atoms with Gasteiger partial charge < -0.3 is 15.4 Å². The van der Waals surface area contributed by atoms with Crippen LogP contribution in [-0.4, -0.2) is 34.7 Å². The average molecular weight is 425 g/mol. The fraction of sp³-hybridized carbons (Fsp3) is 0.143. The van der Waals surface area contributed by atoms with E-state index >= 15 is 0 Å². The summed E-state index contributed by atoms with van der Waals surface area (Å²) < 4.78 is 6.23. The predicted molar refractivity (Wildman–Crippen MR) is 111 cm³/mol.